The Balaban J connectivity index is 2.13. The first kappa shape index (κ1) is 14.5. The topological polar surface area (TPSA) is 30.3 Å². The lowest BCUT2D eigenvalue weighted by Crippen LogP contribution is -2.46. The number of hydrogen-bond donors (Lipinski definition) is 0. The predicted molar refractivity (Wildman–Crippen MR) is 71.8 cm³/mol. The molecule has 0 saturated carbocycles. The molecule has 3 nitrogen and oxygen atoms in total. The minimum absolute atomic E-state index is 0.149. The van der Waals surface area contributed by atoms with Gasteiger partial charge in [-0.3, -0.25) is 0 Å². The van der Waals surface area contributed by atoms with Gasteiger partial charge in [0.15, 0.2) is 0 Å². The molecule has 0 unspecified atom stereocenters. The molecule has 0 atom stereocenters. The van der Waals surface area contributed by atoms with Crippen LogP contribution in [0.5, 0.6) is 0 Å². The Labute approximate surface area is 106 Å². The molecule has 1 fully saturated rings. The van der Waals surface area contributed by atoms with Gasteiger partial charge >= 0.3 is 0 Å². The zero-order valence-electron chi connectivity index (χ0n) is 11.7. The van der Waals surface area contributed by atoms with Crippen LogP contribution in [0.1, 0.15) is 40.0 Å². The van der Waals surface area contributed by atoms with Crippen LogP contribution in [0, 0.1) is 16.7 Å². The molecule has 1 saturated heterocycles. The van der Waals surface area contributed by atoms with Crippen molar-refractivity contribution in [3.63, 3.8) is 0 Å². The lowest BCUT2D eigenvalue weighted by atomic mass is 9.90. The highest BCUT2D eigenvalue weighted by molar-refractivity contribution is 4.91. The molecule has 0 spiro atoms. The Kier molecular flexibility index (Phi) is 5.94. The van der Waals surface area contributed by atoms with Crippen molar-refractivity contribution in [1.82, 2.24) is 9.80 Å². The molecule has 1 rings (SSSR count). The van der Waals surface area contributed by atoms with Gasteiger partial charge in [0.25, 0.3) is 0 Å². The van der Waals surface area contributed by atoms with E-state index in [1.54, 1.807) is 0 Å². The van der Waals surface area contributed by atoms with Crippen LogP contribution in [0.3, 0.4) is 0 Å². The summed E-state index contributed by atoms with van der Waals surface area (Å²) in [5, 5.41) is 8.95. The van der Waals surface area contributed by atoms with E-state index in [1.807, 2.05) is 13.8 Å². The van der Waals surface area contributed by atoms with Crippen molar-refractivity contribution >= 4 is 0 Å². The highest BCUT2D eigenvalue weighted by Gasteiger charge is 2.19. The fourth-order valence-corrected chi connectivity index (χ4v) is 2.35. The van der Waals surface area contributed by atoms with Crippen molar-refractivity contribution < 1.29 is 0 Å². The highest BCUT2D eigenvalue weighted by Crippen LogP contribution is 2.20. The van der Waals surface area contributed by atoms with Crippen LogP contribution in [0.2, 0.25) is 0 Å². The molecule has 0 aliphatic carbocycles. The third-order valence-electron chi connectivity index (χ3n) is 3.58. The highest BCUT2D eigenvalue weighted by atomic mass is 15.3. The first-order valence-electron chi connectivity index (χ1n) is 6.93. The van der Waals surface area contributed by atoms with E-state index in [0.29, 0.717) is 0 Å². The van der Waals surface area contributed by atoms with E-state index in [2.05, 4.69) is 22.8 Å². The molecule has 0 aromatic carbocycles. The molecular formula is C14H27N3. The zero-order valence-corrected chi connectivity index (χ0v) is 11.7. The van der Waals surface area contributed by atoms with Crippen molar-refractivity contribution in [2.24, 2.45) is 5.41 Å². The van der Waals surface area contributed by atoms with Crippen LogP contribution in [-0.2, 0) is 0 Å². The summed E-state index contributed by atoms with van der Waals surface area (Å²) in [5.41, 5.74) is -0.149. The standard InChI is InChI=1S/C14H27N3/c1-4-7-16-9-11-17(12-10-16)8-5-6-14(2,3)13-15/h4-12H2,1-3H3. The normalized spacial score (nSPS) is 19.2. The van der Waals surface area contributed by atoms with Crippen molar-refractivity contribution in [2.45, 2.75) is 40.0 Å². The van der Waals surface area contributed by atoms with Crippen molar-refractivity contribution in [1.29, 1.82) is 5.26 Å². The fraction of sp³-hybridized carbons (Fsp3) is 0.929. The van der Waals surface area contributed by atoms with Gasteiger partial charge < -0.3 is 9.80 Å². The molecule has 1 aliphatic rings. The smallest absolute Gasteiger partial charge is 0.0683 e. The maximum atomic E-state index is 8.95. The van der Waals surface area contributed by atoms with E-state index >= 15 is 0 Å². The Morgan fingerprint density at radius 2 is 1.59 bits per heavy atom. The quantitative estimate of drug-likeness (QED) is 0.710. The van der Waals surface area contributed by atoms with Crippen LogP contribution >= 0.6 is 0 Å². The lowest BCUT2D eigenvalue weighted by molar-refractivity contribution is 0.129. The molecule has 1 heterocycles. The summed E-state index contributed by atoms with van der Waals surface area (Å²) < 4.78 is 0. The molecular weight excluding hydrogens is 210 g/mol. The molecule has 0 radical (unpaired) electrons. The van der Waals surface area contributed by atoms with Crippen LogP contribution < -0.4 is 0 Å². The maximum absolute atomic E-state index is 8.95. The number of nitrogens with zero attached hydrogens (tertiary/aromatic N) is 3. The third-order valence-corrected chi connectivity index (χ3v) is 3.58. The minimum Gasteiger partial charge on any atom is -0.301 e. The minimum atomic E-state index is -0.149. The average Bonchev–Trinajstić information content (AvgIpc) is 2.32. The monoisotopic (exact) mass is 237 g/mol. The summed E-state index contributed by atoms with van der Waals surface area (Å²) in [6, 6.07) is 2.38. The summed E-state index contributed by atoms with van der Waals surface area (Å²) in [6.07, 6.45) is 3.42. The Morgan fingerprint density at radius 3 is 2.06 bits per heavy atom. The molecule has 0 aromatic heterocycles. The summed E-state index contributed by atoms with van der Waals surface area (Å²) in [7, 11) is 0. The van der Waals surface area contributed by atoms with Gasteiger partial charge in [-0.05, 0) is 46.2 Å². The Bertz CT molecular complexity index is 247. The van der Waals surface area contributed by atoms with E-state index in [4.69, 9.17) is 5.26 Å². The molecule has 98 valence electrons. The molecule has 3 heteroatoms. The average molecular weight is 237 g/mol. The van der Waals surface area contributed by atoms with E-state index in [9.17, 15) is 0 Å². The molecule has 0 N–H and O–H groups in total. The summed E-state index contributed by atoms with van der Waals surface area (Å²) in [4.78, 5) is 5.09. The zero-order chi connectivity index (χ0) is 12.7. The van der Waals surface area contributed by atoms with Crippen molar-refractivity contribution in [3.05, 3.63) is 0 Å². The van der Waals surface area contributed by atoms with Gasteiger partial charge in [-0.1, -0.05) is 6.92 Å². The first-order valence-corrected chi connectivity index (χ1v) is 6.93. The Hall–Kier alpha value is -0.590. The van der Waals surface area contributed by atoms with Gasteiger partial charge in [0.2, 0.25) is 0 Å². The predicted octanol–water partition coefficient (Wildman–Crippen LogP) is 2.34. The van der Waals surface area contributed by atoms with E-state index in [-0.39, 0.29) is 5.41 Å². The summed E-state index contributed by atoms with van der Waals surface area (Å²) in [5.74, 6) is 0. The molecule has 17 heavy (non-hydrogen) atoms. The SMILES string of the molecule is CCCN1CCN(CCCC(C)(C)C#N)CC1. The second-order valence-electron chi connectivity index (χ2n) is 5.78. The fourth-order valence-electron chi connectivity index (χ4n) is 2.35. The van der Waals surface area contributed by atoms with Crippen molar-refractivity contribution in [3.8, 4) is 6.07 Å². The van der Waals surface area contributed by atoms with Gasteiger partial charge in [0, 0.05) is 26.2 Å². The lowest BCUT2D eigenvalue weighted by Gasteiger charge is -2.34. The van der Waals surface area contributed by atoms with Gasteiger partial charge in [-0.2, -0.15) is 5.26 Å². The van der Waals surface area contributed by atoms with Crippen LogP contribution in [0.25, 0.3) is 0 Å². The third kappa shape index (κ3) is 5.52. The number of piperazine rings is 1. The van der Waals surface area contributed by atoms with Crippen LogP contribution in [0.4, 0.5) is 0 Å². The molecule has 0 bridgehead atoms. The first-order chi connectivity index (χ1) is 8.07. The molecule has 0 aromatic rings. The number of rotatable bonds is 6. The van der Waals surface area contributed by atoms with Gasteiger partial charge in [0.05, 0.1) is 11.5 Å². The van der Waals surface area contributed by atoms with Gasteiger partial charge in [0.1, 0.15) is 0 Å². The molecule has 1 aliphatic heterocycles. The van der Waals surface area contributed by atoms with Gasteiger partial charge in [-0.15, -0.1) is 0 Å². The van der Waals surface area contributed by atoms with Crippen molar-refractivity contribution in [2.75, 3.05) is 39.3 Å². The van der Waals surface area contributed by atoms with E-state index in [1.165, 1.54) is 39.1 Å². The second kappa shape index (κ2) is 6.98. The number of hydrogen-bond acceptors (Lipinski definition) is 3. The van der Waals surface area contributed by atoms with E-state index in [0.717, 1.165) is 19.4 Å². The van der Waals surface area contributed by atoms with Crippen LogP contribution in [0.15, 0.2) is 0 Å². The molecule has 0 amide bonds. The summed E-state index contributed by atoms with van der Waals surface area (Å²) >= 11 is 0. The largest absolute Gasteiger partial charge is 0.301 e. The van der Waals surface area contributed by atoms with E-state index < -0.39 is 0 Å². The summed E-state index contributed by atoms with van der Waals surface area (Å²) in [6.45, 7) is 13.6. The Morgan fingerprint density at radius 1 is 1.06 bits per heavy atom. The maximum Gasteiger partial charge on any atom is 0.0683 e. The van der Waals surface area contributed by atoms with Gasteiger partial charge in [-0.25, -0.2) is 0 Å². The van der Waals surface area contributed by atoms with Crippen LogP contribution in [-0.4, -0.2) is 49.1 Å². The number of nitriles is 1. The second-order valence-corrected chi connectivity index (χ2v) is 5.78.